The molecule has 0 radical (unpaired) electrons. The van der Waals surface area contributed by atoms with Gasteiger partial charge in [0.25, 0.3) is 5.56 Å². The Hall–Kier alpha value is -3.12. The van der Waals surface area contributed by atoms with Gasteiger partial charge in [0.2, 0.25) is 5.88 Å². The summed E-state index contributed by atoms with van der Waals surface area (Å²) in [5.74, 6) is -0.475. The number of aromatic amines is 1. The molecule has 0 spiro atoms. The molecule has 0 aliphatic rings. The molecule has 7 heteroatoms. The van der Waals surface area contributed by atoms with Crippen LogP contribution in [0, 0.1) is 13.8 Å². The van der Waals surface area contributed by atoms with E-state index in [1.54, 1.807) is 43.3 Å². The lowest BCUT2D eigenvalue weighted by Gasteiger charge is -2.11. The molecule has 0 saturated heterocycles. The van der Waals surface area contributed by atoms with Gasteiger partial charge in [-0.1, -0.05) is 35.9 Å². The molecule has 26 heavy (non-hydrogen) atoms. The standard InChI is InChI=1S/C19H16ClN3O3/c1-11-7-8-13(20)9-15(11)21-10-14-17(24)22-19(26)23(18(14)25)16-6-4-3-5-12(16)2/h3-10,25H,1-2H3,(H,22,24,26). The molecule has 0 fully saturated rings. The lowest BCUT2D eigenvalue weighted by Crippen LogP contribution is -2.31. The number of H-pyrrole nitrogens is 1. The van der Waals surface area contributed by atoms with E-state index in [-0.39, 0.29) is 5.56 Å². The third-order valence-electron chi connectivity index (χ3n) is 3.98. The first kappa shape index (κ1) is 17.7. The van der Waals surface area contributed by atoms with E-state index in [0.29, 0.717) is 16.4 Å². The zero-order valence-corrected chi connectivity index (χ0v) is 14.9. The van der Waals surface area contributed by atoms with Crippen LogP contribution in [0.3, 0.4) is 0 Å². The first-order valence-electron chi connectivity index (χ1n) is 7.83. The van der Waals surface area contributed by atoms with Crippen LogP contribution in [-0.2, 0) is 0 Å². The molecule has 2 N–H and O–H groups in total. The number of rotatable bonds is 3. The number of halogens is 1. The summed E-state index contributed by atoms with van der Waals surface area (Å²) in [6.45, 7) is 3.65. The van der Waals surface area contributed by atoms with Crippen LogP contribution < -0.4 is 11.2 Å². The van der Waals surface area contributed by atoms with Crippen LogP contribution in [0.5, 0.6) is 5.88 Å². The van der Waals surface area contributed by atoms with Crippen LogP contribution in [0.15, 0.2) is 57.0 Å². The van der Waals surface area contributed by atoms with Crippen molar-refractivity contribution in [2.45, 2.75) is 13.8 Å². The van der Waals surface area contributed by atoms with E-state index in [1.165, 1.54) is 6.21 Å². The van der Waals surface area contributed by atoms with Gasteiger partial charge in [-0.2, -0.15) is 0 Å². The van der Waals surface area contributed by atoms with Crippen LogP contribution in [0.25, 0.3) is 5.69 Å². The van der Waals surface area contributed by atoms with Crippen molar-refractivity contribution in [2.24, 2.45) is 4.99 Å². The summed E-state index contributed by atoms with van der Waals surface area (Å²) in [7, 11) is 0. The zero-order chi connectivity index (χ0) is 18.8. The molecule has 1 heterocycles. The summed E-state index contributed by atoms with van der Waals surface area (Å²) in [4.78, 5) is 30.8. The molecule has 3 aromatic rings. The number of hydrogen-bond donors (Lipinski definition) is 2. The Bertz CT molecular complexity index is 1130. The van der Waals surface area contributed by atoms with Crippen molar-refractivity contribution < 1.29 is 5.11 Å². The molecular formula is C19H16ClN3O3. The summed E-state index contributed by atoms with van der Waals surface area (Å²) >= 11 is 5.97. The van der Waals surface area contributed by atoms with Crippen LogP contribution >= 0.6 is 11.6 Å². The van der Waals surface area contributed by atoms with Crippen LogP contribution in [0.1, 0.15) is 16.7 Å². The third-order valence-corrected chi connectivity index (χ3v) is 4.22. The van der Waals surface area contributed by atoms with Gasteiger partial charge in [0.15, 0.2) is 0 Å². The van der Waals surface area contributed by atoms with E-state index >= 15 is 0 Å². The van der Waals surface area contributed by atoms with Gasteiger partial charge in [-0.15, -0.1) is 0 Å². The Balaban J connectivity index is 2.18. The van der Waals surface area contributed by atoms with Gasteiger partial charge in [0, 0.05) is 11.2 Å². The second-order valence-electron chi connectivity index (χ2n) is 5.81. The van der Waals surface area contributed by atoms with Crippen LogP contribution in [-0.4, -0.2) is 20.9 Å². The summed E-state index contributed by atoms with van der Waals surface area (Å²) < 4.78 is 1.04. The van der Waals surface area contributed by atoms with Crippen molar-refractivity contribution in [2.75, 3.05) is 0 Å². The quantitative estimate of drug-likeness (QED) is 0.694. The van der Waals surface area contributed by atoms with Gasteiger partial charge in [0.05, 0.1) is 11.4 Å². The molecule has 0 saturated carbocycles. The molecule has 0 bridgehead atoms. The van der Waals surface area contributed by atoms with Gasteiger partial charge < -0.3 is 5.11 Å². The van der Waals surface area contributed by atoms with Gasteiger partial charge in [-0.3, -0.25) is 14.8 Å². The predicted molar refractivity (Wildman–Crippen MR) is 103 cm³/mol. The molecule has 132 valence electrons. The topological polar surface area (TPSA) is 87.4 Å². The fraction of sp³-hybridized carbons (Fsp3) is 0.105. The molecule has 0 unspecified atom stereocenters. The van der Waals surface area contributed by atoms with Gasteiger partial charge in [-0.25, -0.2) is 9.36 Å². The average Bonchev–Trinajstić information content (AvgIpc) is 2.59. The molecule has 1 aromatic heterocycles. The maximum atomic E-state index is 12.2. The second kappa shape index (κ2) is 7.01. The number of aromatic hydroxyl groups is 1. The number of aromatic nitrogens is 2. The number of hydrogen-bond acceptors (Lipinski definition) is 4. The van der Waals surface area contributed by atoms with Crippen molar-refractivity contribution >= 4 is 23.5 Å². The maximum absolute atomic E-state index is 12.2. The number of benzene rings is 2. The third kappa shape index (κ3) is 3.32. The monoisotopic (exact) mass is 369 g/mol. The lowest BCUT2D eigenvalue weighted by atomic mass is 10.2. The molecular weight excluding hydrogens is 354 g/mol. The second-order valence-corrected chi connectivity index (χ2v) is 6.24. The van der Waals surface area contributed by atoms with E-state index in [9.17, 15) is 14.7 Å². The lowest BCUT2D eigenvalue weighted by molar-refractivity contribution is 0.430. The average molecular weight is 370 g/mol. The van der Waals surface area contributed by atoms with Gasteiger partial charge in [0.1, 0.15) is 5.56 Å². The predicted octanol–water partition coefficient (Wildman–Crippen LogP) is 3.25. The highest BCUT2D eigenvalue weighted by Crippen LogP contribution is 2.24. The molecule has 3 rings (SSSR count). The smallest absolute Gasteiger partial charge is 0.335 e. The highest BCUT2D eigenvalue weighted by atomic mass is 35.5. The molecule has 2 aromatic carbocycles. The molecule has 0 amide bonds. The van der Waals surface area contributed by atoms with E-state index < -0.39 is 17.1 Å². The Kier molecular flexibility index (Phi) is 4.77. The minimum atomic E-state index is -0.724. The zero-order valence-electron chi connectivity index (χ0n) is 14.2. The Morgan fingerprint density at radius 2 is 1.85 bits per heavy atom. The van der Waals surface area contributed by atoms with Crippen LogP contribution in [0.4, 0.5) is 5.69 Å². The SMILES string of the molecule is Cc1ccc(Cl)cc1N=Cc1c(O)n(-c2ccccc2C)c(=O)[nH]c1=O. The Morgan fingerprint density at radius 1 is 1.12 bits per heavy atom. The van der Waals surface area contributed by atoms with E-state index in [4.69, 9.17) is 11.6 Å². The van der Waals surface area contributed by atoms with E-state index in [1.807, 2.05) is 13.0 Å². The number of nitrogens with one attached hydrogen (secondary N) is 1. The minimum absolute atomic E-state index is 0.118. The van der Waals surface area contributed by atoms with E-state index in [2.05, 4.69) is 9.98 Å². The number of aryl methyl sites for hydroxylation is 2. The highest BCUT2D eigenvalue weighted by molar-refractivity contribution is 6.30. The fourth-order valence-electron chi connectivity index (χ4n) is 2.55. The molecule has 6 nitrogen and oxygen atoms in total. The van der Waals surface area contributed by atoms with Crippen molar-refractivity contribution in [3.05, 3.63) is 85.0 Å². The maximum Gasteiger partial charge on any atom is 0.335 e. The number of para-hydroxylation sites is 1. The first-order valence-corrected chi connectivity index (χ1v) is 8.21. The van der Waals surface area contributed by atoms with Crippen molar-refractivity contribution in [3.63, 3.8) is 0 Å². The first-order chi connectivity index (χ1) is 12.4. The summed E-state index contributed by atoms with van der Waals surface area (Å²) in [6, 6.07) is 12.2. The minimum Gasteiger partial charge on any atom is -0.493 e. The number of aliphatic imine (C=N–C) groups is 1. The van der Waals surface area contributed by atoms with E-state index in [0.717, 1.165) is 15.7 Å². The van der Waals surface area contributed by atoms with Crippen molar-refractivity contribution in [3.8, 4) is 11.6 Å². The summed E-state index contributed by atoms with van der Waals surface area (Å²) in [5, 5.41) is 11.1. The molecule has 0 aliphatic carbocycles. The molecule has 0 aliphatic heterocycles. The van der Waals surface area contributed by atoms with Crippen molar-refractivity contribution in [1.29, 1.82) is 0 Å². The Morgan fingerprint density at radius 3 is 2.58 bits per heavy atom. The fourth-order valence-corrected chi connectivity index (χ4v) is 2.71. The summed E-state index contributed by atoms with van der Waals surface area (Å²) in [5.41, 5.74) is 1.09. The normalized spacial score (nSPS) is 11.2. The molecule has 0 atom stereocenters. The highest BCUT2D eigenvalue weighted by Gasteiger charge is 2.15. The summed E-state index contributed by atoms with van der Waals surface area (Å²) in [6.07, 6.45) is 1.22. The largest absolute Gasteiger partial charge is 0.493 e. The van der Waals surface area contributed by atoms with Gasteiger partial charge in [-0.05, 0) is 43.2 Å². The number of nitrogens with zero attached hydrogens (tertiary/aromatic N) is 2. The van der Waals surface area contributed by atoms with Gasteiger partial charge >= 0.3 is 5.69 Å². The van der Waals surface area contributed by atoms with Crippen LogP contribution in [0.2, 0.25) is 5.02 Å². The van der Waals surface area contributed by atoms with Crippen molar-refractivity contribution in [1.82, 2.24) is 9.55 Å². The Labute approximate surface area is 154 Å².